The molecule has 2 aromatic carbocycles. The second kappa shape index (κ2) is 7.43. The molecule has 3 rings (SSSR count). The van der Waals surface area contributed by atoms with Crippen molar-refractivity contribution < 1.29 is 23.8 Å². The van der Waals surface area contributed by atoms with E-state index in [9.17, 15) is 4.39 Å². The topological polar surface area (TPSA) is 60.3 Å². The molecule has 1 aliphatic heterocycles. The van der Waals surface area contributed by atoms with Crippen LogP contribution in [0, 0.1) is 5.82 Å². The number of oxime groups is 1. The highest BCUT2D eigenvalue weighted by Crippen LogP contribution is 2.41. The minimum absolute atomic E-state index is 0.179. The van der Waals surface area contributed by atoms with Gasteiger partial charge in [0.15, 0.2) is 0 Å². The standard InChI is InChI=1S/C20H22FNO4/c1-13(22-23)15-4-6-18(7-5-15)26-19-11-16(10-17(21)12-19)20(24-3)8-9-25-14(20)2/h4-7,10-12,14,23H,8-9H2,1-3H3/b22-13-. The number of halogens is 1. The molecular weight excluding hydrogens is 337 g/mol. The van der Waals surface area contributed by atoms with Gasteiger partial charge in [-0.2, -0.15) is 0 Å². The van der Waals surface area contributed by atoms with Crippen molar-refractivity contribution in [1.82, 2.24) is 0 Å². The molecule has 0 radical (unpaired) electrons. The van der Waals surface area contributed by atoms with E-state index in [2.05, 4.69) is 5.16 Å². The molecule has 2 atom stereocenters. The number of rotatable bonds is 5. The summed E-state index contributed by atoms with van der Waals surface area (Å²) < 4.78 is 31.4. The van der Waals surface area contributed by atoms with Gasteiger partial charge in [-0.15, -0.1) is 0 Å². The molecular formula is C20H22FNO4. The highest BCUT2D eigenvalue weighted by molar-refractivity contribution is 5.98. The van der Waals surface area contributed by atoms with Crippen LogP contribution in [-0.4, -0.2) is 30.7 Å². The summed E-state index contributed by atoms with van der Waals surface area (Å²) in [4.78, 5) is 0. The lowest BCUT2D eigenvalue weighted by molar-refractivity contribution is -0.0649. The third kappa shape index (κ3) is 3.43. The van der Waals surface area contributed by atoms with Crippen LogP contribution in [0.1, 0.15) is 31.4 Å². The first-order valence-electron chi connectivity index (χ1n) is 8.43. The molecule has 5 nitrogen and oxygen atoms in total. The Hall–Kier alpha value is -2.44. The van der Waals surface area contributed by atoms with Gasteiger partial charge in [0.1, 0.15) is 22.9 Å². The first-order chi connectivity index (χ1) is 12.5. The third-order valence-corrected chi connectivity index (χ3v) is 4.88. The number of benzene rings is 2. The molecule has 1 fully saturated rings. The average molecular weight is 359 g/mol. The lowest BCUT2D eigenvalue weighted by atomic mass is 9.87. The van der Waals surface area contributed by atoms with Crippen molar-refractivity contribution >= 4 is 5.71 Å². The summed E-state index contributed by atoms with van der Waals surface area (Å²) in [5.74, 6) is 0.543. The monoisotopic (exact) mass is 359 g/mol. The summed E-state index contributed by atoms with van der Waals surface area (Å²) in [6.45, 7) is 4.18. The molecule has 0 amide bonds. The molecule has 2 unspecified atom stereocenters. The van der Waals surface area contributed by atoms with Crippen molar-refractivity contribution in [2.45, 2.75) is 32.0 Å². The maximum Gasteiger partial charge on any atom is 0.130 e. The summed E-state index contributed by atoms with van der Waals surface area (Å²) in [6, 6.07) is 11.6. The maximum absolute atomic E-state index is 14.2. The van der Waals surface area contributed by atoms with Gasteiger partial charge >= 0.3 is 0 Å². The number of hydrogen-bond acceptors (Lipinski definition) is 5. The Labute approximate surface area is 152 Å². The second-order valence-corrected chi connectivity index (χ2v) is 6.34. The van der Waals surface area contributed by atoms with Gasteiger partial charge in [0.2, 0.25) is 0 Å². The van der Waals surface area contributed by atoms with Crippen LogP contribution in [-0.2, 0) is 15.1 Å². The van der Waals surface area contributed by atoms with Crippen molar-refractivity contribution in [3.05, 3.63) is 59.4 Å². The summed E-state index contributed by atoms with van der Waals surface area (Å²) in [5, 5.41) is 12.0. The van der Waals surface area contributed by atoms with Gasteiger partial charge in [0.25, 0.3) is 0 Å². The number of nitrogens with zero attached hydrogens (tertiary/aromatic N) is 1. The van der Waals surface area contributed by atoms with Gasteiger partial charge in [-0.1, -0.05) is 5.16 Å². The molecule has 0 aromatic heterocycles. The van der Waals surface area contributed by atoms with Gasteiger partial charge in [-0.05, 0) is 61.4 Å². The predicted octanol–water partition coefficient (Wildman–Crippen LogP) is 4.47. The molecule has 1 heterocycles. The number of methoxy groups -OCH3 is 1. The van der Waals surface area contributed by atoms with E-state index in [1.54, 1.807) is 44.4 Å². The second-order valence-electron chi connectivity index (χ2n) is 6.34. The minimum atomic E-state index is -0.682. The van der Waals surface area contributed by atoms with E-state index in [4.69, 9.17) is 19.4 Å². The summed E-state index contributed by atoms with van der Waals surface area (Å²) in [7, 11) is 1.61. The minimum Gasteiger partial charge on any atom is -0.457 e. The fourth-order valence-corrected chi connectivity index (χ4v) is 3.31. The summed E-state index contributed by atoms with van der Waals surface area (Å²) in [5.41, 5.74) is 1.29. The van der Waals surface area contributed by atoms with E-state index in [1.165, 1.54) is 12.1 Å². The number of hydrogen-bond donors (Lipinski definition) is 1. The molecule has 6 heteroatoms. The smallest absolute Gasteiger partial charge is 0.130 e. The van der Waals surface area contributed by atoms with Crippen molar-refractivity contribution in [3.8, 4) is 11.5 Å². The van der Waals surface area contributed by atoms with Gasteiger partial charge in [0, 0.05) is 19.6 Å². The molecule has 0 bridgehead atoms. The SMILES string of the molecule is COC1(c2cc(F)cc(Oc3ccc(/C(C)=N\O)cc3)c2)CCOC1C. The van der Waals surface area contributed by atoms with Crippen LogP contribution >= 0.6 is 0 Å². The first-order valence-corrected chi connectivity index (χ1v) is 8.43. The van der Waals surface area contributed by atoms with Crippen LogP contribution in [0.3, 0.4) is 0 Å². The zero-order chi connectivity index (χ0) is 18.7. The maximum atomic E-state index is 14.2. The van der Waals surface area contributed by atoms with Crippen molar-refractivity contribution in [2.75, 3.05) is 13.7 Å². The number of ether oxygens (including phenoxy) is 3. The van der Waals surface area contributed by atoms with Crippen LogP contribution in [0.25, 0.3) is 0 Å². The Kier molecular flexibility index (Phi) is 5.25. The van der Waals surface area contributed by atoms with E-state index >= 15 is 0 Å². The van der Waals surface area contributed by atoms with Crippen molar-refractivity contribution in [3.63, 3.8) is 0 Å². The zero-order valence-corrected chi connectivity index (χ0v) is 15.0. The Bertz CT molecular complexity index is 806. The largest absolute Gasteiger partial charge is 0.457 e. The third-order valence-electron chi connectivity index (χ3n) is 4.88. The molecule has 0 saturated carbocycles. The quantitative estimate of drug-likeness (QED) is 0.486. The van der Waals surface area contributed by atoms with Crippen LogP contribution < -0.4 is 4.74 Å². The highest BCUT2D eigenvalue weighted by atomic mass is 19.1. The normalized spacial score (nSPS) is 23.2. The van der Waals surface area contributed by atoms with Crippen LogP contribution in [0.15, 0.2) is 47.6 Å². The van der Waals surface area contributed by atoms with Gasteiger partial charge < -0.3 is 19.4 Å². The van der Waals surface area contributed by atoms with E-state index in [-0.39, 0.29) is 6.10 Å². The summed E-state index contributed by atoms with van der Waals surface area (Å²) in [6.07, 6.45) is 0.476. The van der Waals surface area contributed by atoms with E-state index in [0.29, 0.717) is 35.8 Å². The Morgan fingerprint density at radius 2 is 1.96 bits per heavy atom. The molecule has 0 spiro atoms. The van der Waals surface area contributed by atoms with Crippen molar-refractivity contribution in [2.24, 2.45) is 5.16 Å². The molecule has 1 saturated heterocycles. The average Bonchev–Trinajstić information content (AvgIpc) is 3.03. The van der Waals surface area contributed by atoms with Gasteiger partial charge in [-0.25, -0.2) is 4.39 Å². The van der Waals surface area contributed by atoms with Crippen LogP contribution in [0.5, 0.6) is 11.5 Å². The summed E-state index contributed by atoms with van der Waals surface area (Å²) >= 11 is 0. The molecule has 1 N–H and O–H groups in total. The van der Waals surface area contributed by atoms with Crippen molar-refractivity contribution in [1.29, 1.82) is 0 Å². The van der Waals surface area contributed by atoms with Crippen LogP contribution in [0.4, 0.5) is 4.39 Å². The molecule has 138 valence electrons. The fraction of sp³-hybridized carbons (Fsp3) is 0.350. The van der Waals surface area contributed by atoms with Gasteiger partial charge in [0.05, 0.1) is 18.4 Å². The Morgan fingerprint density at radius 1 is 1.23 bits per heavy atom. The Morgan fingerprint density at radius 3 is 2.54 bits per heavy atom. The van der Waals surface area contributed by atoms with E-state index in [0.717, 1.165) is 5.56 Å². The molecule has 2 aromatic rings. The van der Waals surface area contributed by atoms with Gasteiger partial charge in [-0.3, -0.25) is 0 Å². The molecule has 0 aliphatic carbocycles. The van der Waals surface area contributed by atoms with E-state index < -0.39 is 11.4 Å². The lowest BCUT2D eigenvalue weighted by Gasteiger charge is -2.31. The van der Waals surface area contributed by atoms with E-state index in [1.807, 2.05) is 6.92 Å². The Balaban J connectivity index is 1.89. The fourth-order valence-electron chi connectivity index (χ4n) is 3.31. The lowest BCUT2D eigenvalue weighted by Crippen LogP contribution is -2.35. The molecule has 1 aliphatic rings. The highest BCUT2D eigenvalue weighted by Gasteiger charge is 2.44. The first kappa shape index (κ1) is 18.4. The zero-order valence-electron chi connectivity index (χ0n) is 15.0. The molecule has 26 heavy (non-hydrogen) atoms. The predicted molar refractivity (Wildman–Crippen MR) is 95.6 cm³/mol. The van der Waals surface area contributed by atoms with Crippen LogP contribution in [0.2, 0.25) is 0 Å².